The largest absolute Gasteiger partial charge is 0.478 e. The van der Waals surface area contributed by atoms with Crippen molar-refractivity contribution < 1.29 is 9.53 Å². The lowest BCUT2D eigenvalue weighted by Gasteiger charge is -2.25. The van der Waals surface area contributed by atoms with E-state index in [1.807, 2.05) is 24.3 Å². The maximum Gasteiger partial charge on any atom is 0.267 e. The molecule has 0 atom stereocenters. The Morgan fingerprint density at radius 1 is 1.15 bits per heavy atom. The molecule has 0 unspecified atom stereocenters. The quantitative estimate of drug-likeness (QED) is 0.838. The number of nitrogens with one attached hydrogen (secondary N) is 2. The second kappa shape index (κ2) is 7.79. The Morgan fingerprint density at radius 3 is 2.46 bits per heavy atom. The fraction of sp³-hybridized carbons (Fsp3) is 0.300. The molecule has 0 saturated carbocycles. The summed E-state index contributed by atoms with van der Waals surface area (Å²) in [5.74, 6) is 1.26. The Labute approximate surface area is 158 Å². The number of benzene rings is 2. The van der Waals surface area contributed by atoms with Crippen LogP contribution in [0.5, 0.6) is 5.75 Å². The molecule has 0 fully saturated rings. The number of hydrogen-bond donors (Lipinski definition) is 2. The summed E-state index contributed by atoms with van der Waals surface area (Å²) < 4.78 is 5.81. The molecule has 0 saturated heterocycles. The Balaban J connectivity index is 1.64. The molecule has 0 spiro atoms. The van der Waals surface area contributed by atoms with E-state index in [0.29, 0.717) is 16.5 Å². The predicted molar refractivity (Wildman–Crippen MR) is 105 cm³/mol. The first-order valence-corrected chi connectivity index (χ1v) is 8.97. The minimum Gasteiger partial charge on any atom is -0.478 e. The van der Waals surface area contributed by atoms with E-state index in [1.54, 1.807) is 38.1 Å². The van der Waals surface area contributed by atoms with Crippen LogP contribution >= 0.6 is 11.6 Å². The fourth-order valence-electron chi connectivity index (χ4n) is 2.56. The van der Waals surface area contributed by atoms with Gasteiger partial charge in [-0.1, -0.05) is 11.6 Å². The third kappa shape index (κ3) is 4.55. The molecule has 0 aliphatic carbocycles. The number of amidine groups is 1. The van der Waals surface area contributed by atoms with Crippen molar-refractivity contribution in [3.05, 3.63) is 59.1 Å². The highest BCUT2D eigenvalue weighted by Gasteiger charge is 2.30. The third-order valence-electron chi connectivity index (χ3n) is 4.05. The zero-order valence-corrected chi connectivity index (χ0v) is 15.6. The molecule has 0 bridgehead atoms. The van der Waals surface area contributed by atoms with Crippen LogP contribution in [0.15, 0.2) is 53.5 Å². The summed E-state index contributed by atoms with van der Waals surface area (Å²) in [7, 11) is 0. The van der Waals surface area contributed by atoms with E-state index in [1.165, 1.54) is 0 Å². The van der Waals surface area contributed by atoms with Gasteiger partial charge in [-0.25, -0.2) is 0 Å². The van der Waals surface area contributed by atoms with E-state index >= 15 is 0 Å². The van der Waals surface area contributed by atoms with Gasteiger partial charge in [-0.2, -0.15) is 0 Å². The molecule has 0 aromatic heterocycles. The van der Waals surface area contributed by atoms with Crippen LogP contribution in [0.2, 0.25) is 5.02 Å². The van der Waals surface area contributed by atoms with Gasteiger partial charge in [0.15, 0.2) is 5.60 Å². The number of hydrogen-bond acceptors (Lipinski definition) is 4. The summed E-state index contributed by atoms with van der Waals surface area (Å²) in [4.78, 5) is 17.1. The van der Waals surface area contributed by atoms with Gasteiger partial charge in [0.2, 0.25) is 0 Å². The first-order valence-electron chi connectivity index (χ1n) is 8.59. The van der Waals surface area contributed by atoms with Gasteiger partial charge in [0.05, 0.1) is 0 Å². The second-order valence-electron chi connectivity index (χ2n) is 6.61. The average Bonchev–Trinajstić information content (AvgIpc) is 2.65. The van der Waals surface area contributed by atoms with E-state index in [0.717, 1.165) is 30.9 Å². The predicted octanol–water partition coefficient (Wildman–Crippen LogP) is 3.88. The molecule has 2 N–H and O–H groups in total. The number of aliphatic imine (C=N–C) groups is 1. The molecule has 1 heterocycles. The average molecular weight is 372 g/mol. The van der Waals surface area contributed by atoms with Crippen molar-refractivity contribution in [2.24, 2.45) is 4.99 Å². The summed E-state index contributed by atoms with van der Waals surface area (Å²) in [6, 6.07) is 14.6. The topological polar surface area (TPSA) is 62.7 Å². The number of rotatable bonds is 5. The van der Waals surface area contributed by atoms with Crippen molar-refractivity contribution >= 4 is 29.0 Å². The van der Waals surface area contributed by atoms with Crippen molar-refractivity contribution in [1.82, 2.24) is 5.32 Å². The van der Waals surface area contributed by atoms with Gasteiger partial charge in [0.1, 0.15) is 11.6 Å². The number of amides is 1. The van der Waals surface area contributed by atoms with Gasteiger partial charge in [-0.3, -0.25) is 9.79 Å². The molecular formula is C20H22ClN3O2. The van der Waals surface area contributed by atoms with Crippen LogP contribution in [0, 0.1) is 0 Å². The van der Waals surface area contributed by atoms with Crippen LogP contribution < -0.4 is 15.4 Å². The molecule has 26 heavy (non-hydrogen) atoms. The molecule has 136 valence electrons. The van der Waals surface area contributed by atoms with Crippen molar-refractivity contribution in [1.29, 1.82) is 0 Å². The van der Waals surface area contributed by atoms with Gasteiger partial charge >= 0.3 is 0 Å². The fourth-order valence-corrected chi connectivity index (χ4v) is 2.69. The Hall–Kier alpha value is -2.53. The Bertz CT molecular complexity index is 799. The van der Waals surface area contributed by atoms with Crippen LogP contribution in [0.3, 0.4) is 0 Å². The van der Waals surface area contributed by atoms with Gasteiger partial charge in [0, 0.05) is 29.4 Å². The van der Waals surface area contributed by atoms with E-state index in [4.69, 9.17) is 16.3 Å². The number of carbonyl (C=O) groups excluding carboxylic acids is 1. The first-order chi connectivity index (χ1) is 12.4. The number of ether oxygens (including phenoxy) is 1. The summed E-state index contributed by atoms with van der Waals surface area (Å²) in [6.07, 6.45) is 1.06. The third-order valence-corrected chi connectivity index (χ3v) is 4.30. The molecule has 5 nitrogen and oxygen atoms in total. The smallest absolute Gasteiger partial charge is 0.267 e. The van der Waals surface area contributed by atoms with E-state index < -0.39 is 5.60 Å². The van der Waals surface area contributed by atoms with Gasteiger partial charge in [-0.15, -0.1) is 0 Å². The zero-order valence-electron chi connectivity index (χ0n) is 14.9. The standard InChI is InChI=1S/C20H22ClN3O2/c1-20(2,26-17-10-6-15(21)7-11-17)19(25)24-16-8-4-14(5-9-16)18-22-12-3-13-23-18/h4-11H,3,12-13H2,1-2H3,(H,22,23)(H,24,25). The maximum atomic E-state index is 12.6. The highest BCUT2D eigenvalue weighted by atomic mass is 35.5. The van der Waals surface area contributed by atoms with E-state index in [9.17, 15) is 4.79 Å². The minimum absolute atomic E-state index is 0.228. The molecule has 2 aromatic carbocycles. The number of anilines is 1. The summed E-state index contributed by atoms with van der Waals surface area (Å²) in [6.45, 7) is 5.24. The maximum absolute atomic E-state index is 12.6. The van der Waals surface area contributed by atoms with E-state index in [2.05, 4.69) is 15.6 Å². The van der Waals surface area contributed by atoms with Gasteiger partial charge < -0.3 is 15.4 Å². The highest BCUT2D eigenvalue weighted by molar-refractivity contribution is 6.30. The Kier molecular flexibility index (Phi) is 5.47. The monoisotopic (exact) mass is 371 g/mol. The van der Waals surface area contributed by atoms with Crippen molar-refractivity contribution in [2.75, 3.05) is 18.4 Å². The summed E-state index contributed by atoms with van der Waals surface area (Å²) in [5.41, 5.74) is 0.698. The first kappa shape index (κ1) is 18.3. The molecule has 3 rings (SSSR count). The van der Waals surface area contributed by atoms with Crippen LogP contribution in [-0.4, -0.2) is 30.4 Å². The molecule has 0 radical (unpaired) electrons. The zero-order chi connectivity index (χ0) is 18.6. The summed E-state index contributed by atoms with van der Waals surface area (Å²) >= 11 is 5.87. The number of carbonyl (C=O) groups is 1. The van der Waals surface area contributed by atoms with Gasteiger partial charge in [-0.05, 0) is 68.8 Å². The summed E-state index contributed by atoms with van der Waals surface area (Å²) in [5, 5.41) is 6.80. The Morgan fingerprint density at radius 2 is 1.85 bits per heavy atom. The van der Waals surface area contributed by atoms with Crippen LogP contribution in [-0.2, 0) is 4.79 Å². The lowest BCUT2D eigenvalue weighted by atomic mass is 10.1. The second-order valence-corrected chi connectivity index (χ2v) is 7.04. The molecule has 1 aliphatic rings. The normalized spacial score (nSPS) is 14.2. The molecule has 6 heteroatoms. The lowest BCUT2D eigenvalue weighted by Crippen LogP contribution is -2.42. The van der Waals surface area contributed by atoms with Crippen LogP contribution in [0.25, 0.3) is 0 Å². The van der Waals surface area contributed by atoms with Crippen molar-refractivity contribution in [3.63, 3.8) is 0 Å². The minimum atomic E-state index is -1.03. The van der Waals surface area contributed by atoms with Crippen LogP contribution in [0.4, 0.5) is 5.69 Å². The van der Waals surface area contributed by atoms with E-state index in [-0.39, 0.29) is 5.91 Å². The van der Waals surface area contributed by atoms with Crippen molar-refractivity contribution in [2.45, 2.75) is 25.9 Å². The molecular weight excluding hydrogens is 350 g/mol. The highest BCUT2D eigenvalue weighted by Crippen LogP contribution is 2.22. The van der Waals surface area contributed by atoms with Crippen molar-refractivity contribution in [3.8, 4) is 5.75 Å². The number of halogens is 1. The molecule has 1 aliphatic heterocycles. The number of nitrogens with zero attached hydrogens (tertiary/aromatic N) is 1. The lowest BCUT2D eigenvalue weighted by molar-refractivity contribution is -0.128. The molecule has 2 aromatic rings. The molecule has 1 amide bonds. The SMILES string of the molecule is CC(C)(Oc1ccc(Cl)cc1)C(=O)Nc1ccc(C2=NCCCN2)cc1. The van der Waals surface area contributed by atoms with Crippen LogP contribution in [0.1, 0.15) is 25.8 Å². The van der Waals surface area contributed by atoms with Gasteiger partial charge in [0.25, 0.3) is 5.91 Å².